The number of pyridine rings is 2. The summed E-state index contributed by atoms with van der Waals surface area (Å²) in [6.45, 7) is 0. The molecule has 2 heterocycles. The van der Waals surface area contributed by atoms with Gasteiger partial charge in [0.2, 0.25) is 0 Å². The Kier molecular flexibility index (Phi) is 9.38. The van der Waals surface area contributed by atoms with Gasteiger partial charge in [0.25, 0.3) is 0 Å². The monoisotopic (exact) mass is 370 g/mol. The fourth-order valence-corrected chi connectivity index (χ4v) is 1.37. The first-order chi connectivity index (χ1) is 9.97. The zero-order valence-corrected chi connectivity index (χ0v) is 13.2. The third-order valence-corrected chi connectivity index (χ3v) is 2.20. The quantitative estimate of drug-likeness (QED) is 0.466. The molecule has 2 nitrogen and oxygen atoms in total. The fraction of sp³-hybridized carbons (Fsp3) is 0. The van der Waals surface area contributed by atoms with E-state index in [-0.39, 0.29) is 0 Å². The van der Waals surface area contributed by atoms with Crippen molar-refractivity contribution in [3.05, 3.63) is 85.2 Å². The number of hydrogen-bond donors (Lipinski definition) is 0. The van der Waals surface area contributed by atoms with Crippen LogP contribution in [0.15, 0.2) is 79.1 Å². The number of halogens is 1. The second kappa shape index (κ2) is 11.3. The van der Waals surface area contributed by atoms with E-state index < -0.39 is 0 Å². The van der Waals surface area contributed by atoms with Crippen LogP contribution in [0.3, 0.4) is 0 Å². The Morgan fingerprint density at radius 3 is 1.45 bits per heavy atom. The SMILES string of the molecule is [Ni][Br].[c-]1ccccc1.c1ccc(-c2ccccn2)nc1. The van der Waals surface area contributed by atoms with Crippen LogP contribution in [-0.2, 0) is 13.7 Å². The summed E-state index contributed by atoms with van der Waals surface area (Å²) >= 11 is 6.25. The van der Waals surface area contributed by atoms with Gasteiger partial charge in [-0.15, -0.1) is 0 Å². The molecular weight excluding hydrogens is 359 g/mol. The molecule has 105 valence electrons. The Morgan fingerprint density at radius 2 is 1.20 bits per heavy atom. The van der Waals surface area contributed by atoms with Crippen molar-refractivity contribution < 1.29 is 13.7 Å². The average molecular weight is 372 g/mol. The predicted octanol–water partition coefficient (Wildman–Crippen LogP) is 4.47. The van der Waals surface area contributed by atoms with Gasteiger partial charge in [-0.05, 0) is 24.3 Å². The Labute approximate surface area is 134 Å². The Bertz CT molecular complexity index is 483. The summed E-state index contributed by atoms with van der Waals surface area (Å²) in [7, 11) is 0. The number of aromatic nitrogens is 2. The first-order valence-electron chi connectivity index (χ1n) is 5.82. The molecule has 0 saturated carbocycles. The van der Waals surface area contributed by atoms with E-state index in [2.05, 4.69) is 44.0 Å². The first-order valence-corrected chi connectivity index (χ1v) is 8.26. The van der Waals surface area contributed by atoms with Gasteiger partial charge in [0.05, 0.1) is 11.4 Å². The van der Waals surface area contributed by atoms with Gasteiger partial charge in [-0.25, -0.2) is 0 Å². The summed E-state index contributed by atoms with van der Waals surface area (Å²) in [6, 6.07) is 24.1. The van der Waals surface area contributed by atoms with Crippen LogP contribution in [0, 0.1) is 6.07 Å². The molecule has 3 aromatic rings. The molecule has 0 bridgehead atoms. The van der Waals surface area contributed by atoms with Crippen molar-refractivity contribution in [1.29, 1.82) is 0 Å². The van der Waals surface area contributed by atoms with E-state index in [1.54, 1.807) is 12.4 Å². The van der Waals surface area contributed by atoms with Crippen LogP contribution in [-0.4, -0.2) is 9.97 Å². The first kappa shape index (κ1) is 16.5. The van der Waals surface area contributed by atoms with Crippen LogP contribution in [0.2, 0.25) is 0 Å². The van der Waals surface area contributed by atoms with Crippen molar-refractivity contribution in [1.82, 2.24) is 9.97 Å². The maximum Gasteiger partial charge on any atom is 0.0886 e. The van der Waals surface area contributed by atoms with E-state index in [1.165, 1.54) is 0 Å². The maximum absolute atomic E-state index is 4.19. The number of rotatable bonds is 1. The molecule has 0 unspecified atom stereocenters. The van der Waals surface area contributed by atoms with Crippen LogP contribution < -0.4 is 0 Å². The van der Waals surface area contributed by atoms with Crippen LogP contribution >= 0.6 is 14.2 Å². The summed E-state index contributed by atoms with van der Waals surface area (Å²) in [5.41, 5.74) is 1.83. The third kappa shape index (κ3) is 6.60. The Morgan fingerprint density at radius 1 is 0.700 bits per heavy atom. The van der Waals surface area contributed by atoms with E-state index in [9.17, 15) is 0 Å². The molecule has 0 saturated heterocycles. The average Bonchev–Trinajstić information content (AvgIpc) is 2.60. The molecular formula is C16H13BrN2Ni-. The van der Waals surface area contributed by atoms with Crippen molar-refractivity contribution in [3.8, 4) is 11.4 Å². The van der Waals surface area contributed by atoms with Gasteiger partial charge in [-0.3, -0.25) is 9.97 Å². The zero-order valence-electron chi connectivity index (χ0n) is 10.6. The normalized spacial score (nSPS) is 8.55. The van der Waals surface area contributed by atoms with E-state index in [0.717, 1.165) is 11.4 Å². The predicted molar refractivity (Wildman–Crippen MR) is 81.7 cm³/mol. The number of nitrogens with zero attached hydrogens (tertiary/aromatic N) is 2. The Balaban J connectivity index is 0.000000211. The molecule has 0 radical (unpaired) electrons. The van der Waals surface area contributed by atoms with Crippen LogP contribution in [0.1, 0.15) is 0 Å². The molecule has 0 atom stereocenters. The second-order valence-corrected chi connectivity index (χ2v) is 3.51. The smallest absolute Gasteiger partial charge is 0.0886 e. The molecule has 0 aliphatic heterocycles. The van der Waals surface area contributed by atoms with Crippen molar-refractivity contribution in [2.45, 2.75) is 0 Å². The van der Waals surface area contributed by atoms with Gasteiger partial charge in [-0.1, -0.05) is 12.1 Å². The summed E-state index contributed by atoms with van der Waals surface area (Å²) in [6.07, 6.45) is 3.54. The molecule has 0 aliphatic rings. The van der Waals surface area contributed by atoms with Crippen molar-refractivity contribution in [3.63, 3.8) is 0 Å². The van der Waals surface area contributed by atoms with E-state index in [1.807, 2.05) is 66.7 Å². The summed E-state index contributed by atoms with van der Waals surface area (Å²) in [4.78, 5) is 8.37. The molecule has 3 rings (SSSR count). The van der Waals surface area contributed by atoms with E-state index in [4.69, 9.17) is 0 Å². The van der Waals surface area contributed by atoms with Gasteiger partial charge in [0.1, 0.15) is 0 Å². The molecule has 20 heavy (non-hydrogen) atoms. The van der Waals surface area contributed by atoms with Crippen LogP contribution in [0.5, 0.6) is 0 Å². The van der Waals surface area contributed by atoms with Gasteiger partial charge >= 0.3 is 27.9 Å². The summed E-state index contributed by atoms with van der Waals surface area (Å²) in [5.74, 6) is 0. The molecule has 4 heteroatoms. The maximum atomic E-state index is 4.19. The zero-order chi connectivity index (χ0) is 14.5. The standard InChI is InChI=1S/C10H8N2.C6H5.BrH.Ni/c1-3-7-11-9(5-1)10-6-2-4-8-12-10;1-2-4-6-5-3-1;;/h1-8H;1-5H;1H;/q;-1;;+1/p-1. The Hall–Kier alpha value is -1.51. The van der Waals surface area contributed by atoms with Crippen molar-refractivity contribution >= 4 is 14.2 Å². The summed E-state index contributed by atoms with van der Waals surface area (Å²) < 4.78 is 0. The topological polar surface area (TPSA) is 25.8 Å². The van der Waals surface area contributed by atoms with Crippen LogP contribution in [0.4, 0.5) is 0 Å². The largest absolute Gasteiger partial charge is 0.255 e. The van der Waals surface area contributed by atoms with Gasteiger partial charge < -0.3 is 0 Å². The number of benzene rings is 1. The molecule has 0 fully saturated rings. The molecule has 1 aromatic carbocycles. The second-order valence-electron chi connectivity index (χ2n) is 3.51. The number of hydrogen-bond acceptors (Lipinski definition) is 2. The molecule has 2 aromatic heterocycles. The minimum atomic E-state index is 0.915. The van der Waals surface area contributed by atoms with Gasteiger partial charge in [-0.2, -0.15) is 36.4 Å². The minimum Gasteiger partial charge on any atom is -0.255 e. The molecule has 0 amide bonds. The summed E-state index contributed by atoms with van der Waals surface area (Å²) in [5, 5.41) is 0. The molecule has 0 N–H and O–H groups in total. The third-order valence-electron chi connectivity index (χ3n) is 2.20. The minimum absolute atomic E-state index is 0.915. The van der Waals surface area contributed by atoms with Crippen molar-refractivity contribution in [2.24, 2.45) is 0 Å². The van der Waals surface area contributed by atoms with Gasteiger partial charge in [0.15, 0.2) is 0 Å². The van der Waals surface area contributed by atoms with Gasteiger partial charge in [0, 0.05) is 12.4 Å². The molecule has 0 spiro atoms. The van der Waals surface area contributed by atoms with E-state index >= 15 is 0 Å². The van der Waals surface area contributed by atoms with Crippen molar-refractivity contribution in [2.75, 3.05) is 0 Å². The molecule has 0 aliphatic carbocycles. The van der Waals surface area contributed by atoms with Crippen LogP contribution in [0.25, 0.3) is 11.4 Å². The van der Waals surface area contributed by atoms with E-state index in [0.29, 0.717) is 0 Å². The fourth-order valence-electron chi connectivity index (χ4n) is 1.37.